The van der Waals surface area contributed by atoms with Crippen LogP contribution in [0.3, 0.4) is 0 Å². The summed E-state index contributed by atoms with van der Waals surface area (Å²) in [5.74, 6) is -1.40. The number of ether oxygens (including phenoxy) is 3. The van der Waals surface area contributed by atoms with Gasteiger partial charge in [0.25, 0.3) is 0 Å². The zero-order chi connectivity index (χ0) is 25.7. The summed E-state index contributed by atoms with van der Waals surface area (Å²) >= 11 is 0. The van der Waals surface area contributed by atoms with Crippen molar-refractivity contribution in [2.24, 2.45) is 0 Å². The van der Waals surface area contributed by atoms with E-state index in [1.165, 1.54) is 26.6 Å². The van der Waals surface area contributed by atoms with E-state index in [0.717, 1.165) is 37.9 Å². The average molecular weight is 504 g/mol. The lowest BCUT2D eigenvalue weighted by molar-refractivity contribution is 0.166. The van der Waals surface area contributed by atoms with Gasteiger partial charge >= 0.3 is 0 Å². The number of nitrogens with one attached hydrogen (secondary N) is 2. The number of hydrogen-bond donors (Lipinski definition) is 2. The number of aromatic nitrogens is 4. The number of anilines is 2. The van der Waals surface area contributed by atoms with Gasteiger partial charge in [-0.25, -0.2) is 18.7 Å². The highest BCUT2D eigenvalue weighted by Gasteiger charge is 2.21. The predicted octanol–water partition coefficient (Wildman–Crippen LogP) is 2.97. The van der Waals surface area contributed by atoms with Crippen LogP contribution in [0.25, 0.3) is 0 Å². The molecule has 3 aromatic rings. The van der Waals surface area contributed by atoms with Crippen LogP contribution in [0.2, 0.25) is 0 Å². The van der Waals surface area contributed by atoms with Crippen molar-refractivity contribution >= 4 is 11.6 Å². The first-order valence-corrected chi connectivity index (χ1v) is 11.7. The van der Waals surface area contributed by atoms with Crippen molar-refractivity contribution in [3.63, 3.8) is 0 Å². The van der Waals surface area contributed by atoms with Gasteiger partial charge in [-0.3, -0.25) is 9.58 Å². The first kappa shape index (κ1) is 25.6. The Morgan fingerprint density at radius 1 is 1.00 bits per heavy atom. The van der Waals surface area contributed by atoms with Gasteiger partial charge in [0.15, 0.2) is 28.9 Å². The summed E-state index contributed by atoms with van der Waals surface area (Å²) in [5.41, 5.74) is 0.434. The molecule has 3 heterocycles. The predicted molar refractivity (Wildman–Crippen MR) is 130 cm³/mol. The molecule has 0 unspecified atom stereocenters. The second-order valence-electron chi connectivity index (χ2n) is 8.76. The topological polar surface area (TPSA) is 98.6 Å². The Morgan fingerprint density at radius 3 is 2.25 bits per heavy atom. The standard InChI is InChI=1S/C24H31F2N7O3/c1-15-11-32(12-16(2)30-15)5-6-33-13-17(8-29-33)31-24-27-9-18(10-28-24)36-14-19-22(25)20(34-3)7-21(35-4)23(19)26/h7-10,13,15-16,30H,5-6,11-12,14H2,1-4H3,(H,27,28,31)/t15-,16+. The number of piperazine rings is 1. The molecule has 1 saturated heterocycles. The maximum absolute atomic E-state index is 14.5. The Balaban J connectivity index is 1.31. The first-order chi connectivity index (χ1) is 17.4. The van der Waals surface area contributed by atoms with Crippen LogP contribution in [0, 0.1) is 11.6 Å². The van der Waals surface area contributed by atoms with Crippen molar-refractivity contribution in [2.45, 2.75) is 39.1 Å². The van der Waals surface area contributed by atoms with Gasteiger partial charge < -0.3 is 24.8 Å². The van der Waals surface area contributed by atoms with E-state index in [9.17, 15) is 8.78 Å². The molecule has 0 amide bonds. The number of halogens is 2. The van der Waals surface area contributed by atoms with Crippen molar-refractivity contribution < 1.29 is 23.0 Å². The minimum Gasteiger partial charge on any atom is -0.494 e. The number of methoxy groups -OCH3 is 2. The third-order valence-electron chi connectivity index (χ3n) is 5.84. The highest BCUT2D eigenvalue weighted by atomic mass is 19.1. The van der Waals surface area contributed by atoms with Gasteiger partial charge in [-0.15, -0.1) is 0 Å². The summed E-state index contributed by atoms with van der Waals surface area (Å²) in [6, 6.07) is 2.10. The molecule has 0 aliphatic carbocycles. The Bertz CT molecular complexity index is 1120. The van der Waals surface area contributed by atoms with Crippen LogP contribution < -0.4 is 24.8 Å². The normalized spacial score (nSPS) is 18.2. The minimum atomic E-state index is -0.854. The molecule has 2 atom stereocenters. The molecule has 4 rings (SSSR count). The fourth-order valence-corrected chi connectivity index (χ4v) is 4.22. The highest BCUT2D eigenvalue weighted by Crippen LogP contribution is 2.32. The molecule has 194 valence electrons. The van der Waals surface area contributed by atoms with E-state index in [1.54, 1.807) is 6.20 Å². The second kappa shape index (κ2) is 11.5. The minimum absolute atomic E-state index is 0.139. The van der Waals surface area contributed by atoms with E-state index in [1.807, 2.05) is 10.9 Å². The lowest BCUT2D eigenvalue weighted by Crippen LogP contribution is -2.54. The molecule has 0 bridgehead atoms. The highest BCUT2D eigenvalue weighted by molar-refractivity contribution is 5.50. The van der Waals surface area contributed by atoms with Crippen molar-refractivity contribution in [3.8, 4) is 17.2 Å². The molecule has 1 fully saturated rings. The molecule has 2 aromatic heterocycles. The van der Waals surface area contributed by atoms with Gasteiger partial charge in [-0.05, 0) is 13.8 Å². The third-order valence-corrected chi connectivity index (χ3v) is 5.84. The quantitative estimate of drug-likeness (QED) is 0.433. The van der Waals surface area contributed by atoms with E-state index in [0.29, 0.717) is 18.0 Å². The molecule has 1 aliphatic heterocycles. The summed E-state index contributed by atoms with van der Waals surface area (Å²) < 4.78 is 46.3. The van der Waals surface area contributed by atoms with E-state index >= 15 is 0 Å². The van der Waals surface area contributed by atoms with Crippen molar-refractivity contribution in [2.75, 3.05) is 39.2 Å². The van der Waals surface area contributed by atoms with Crippen LogP contribution in [0.15, 0.2) is 30.9 Å². The van der Waals surface area contributed by atoms with E-state index in [-0.39, 0.29) is 22.8 Å². The van der Waals surface area contributed by atoms with E-state index < -0.39 is 18.2 Å². The van der Waals surface area contributed by atoms with Gasteiger partial charge in [-0.2, -0.15) is 5.10 Å². The Morgan fingerprint density at radius 2 is 1.64 bits per heavy atom. The van der Waals surface area contributed by atoms with E-state index in [4.69, 9.17) is 14.2 Å². The molecular weight excluding hydrogens is 472 g/mol. The van der Waals surface area contributed by atoms with Crippen molar-refractivity contribution in [3.05, 3.63) is 48.1 Å². The molecule has 36 heavy (non-hydrogen) atoms. The Hall–Kier alpha value is -3.51. The molecule has 12 heteroatoms. The number of benzene rings is 1. The van der Waals surface area contributed by atoms with Crippen LogP contribution >= 0.6 is 0 Å². The average Bonchev–Trinajstić information content (AvgIpc) is 3.30. The van der Waals surface area contributed by atoms with Crippen LogP contribution in [0.1, 0.15) is 19.4 Å². The van der Waals surface area contributed by atoms with Gasteiger partial charge in [0, 0.05) is 44.0 Å². The molecular formula is C24H31F2N7O3. The summed E-state index contributed by atoms with van der Waals surface area (Å²) in [6.45, 7) is 7.73. The Kier molecular flexibility index (Phi) is 8.16. The summed E-state index contributed by atoms with van der Waals surface area (Å²) in [4.78, 5) is 10.8. The molecule has 1 aliphatic rings. The van der Waals surface area contributed by atoms with Gasteiger partial charge in [0.1, 0.15) is 6.61 Å². The van der Waals surface area contributed by atoms with Crippen LogP contribution in [0.4, 0.5) is 20.4 Å². The Labute approximate surface area is 208 Å². The zero-order valence-corrected chi connectivity index (χ0v) is 20.8. The van der Waals surface area contributed by atoms with E-state index in [2.05, 4.69) is 44.4 Å². The molecule has 0 spiro atoms. The third kappa shape index (κ3) is 6.18. The van der Waals surface area contributed by atoms with Crippen molar-refractivity contribution in [1.29, 1.82) is 0 Å². The zero-order valence-electron chi connectivity index (χ0n) is 20.8. The van der Waals surface area contributed by atoms with Crippen LogP contribution in [0.5, 0.6) is 17.2 Å². The molecule has 0 saturated carbocycles. The summed E-state index contributed by atoms with van der Waals surface area (Å²) in [7, 11) is 2.58. The molecule has 0 radical (unpaired) electrons. The van der Waals surface area contributed by atoms with Crippen molar-refractivity contribution in [1.82, 2.24) is 30.0 Å². The SMILES string of the molecule is COc1cc(OC)c(F)c(COc2cnc(Nc3cnn(CCN4C[C@@H](C)N[C@@H](C)C4)c3)nc2)c1F. The summed E-state index contributed by atoms with van der Waals surface area (Å²) in [6.07, 6.45) is 6.43. The lowest BCUT2D eigenvalue weighted by Gasteiger charge is -2.36. The van der Waals surface area contributed by atoms with Gasteiger partial charge in [0.2, 0.25) is 5.95 Å². The maximum atomic E-state index is 14.5. The largest absolute Gasteiger partial charge is 0.494 e. The lowest BCUT2D eigenvalue weighted by atomic mass is 10.1. The molecule has 10 nitrogen and oxygen atoms in total. The molecule has 2 N–H and O–H groups in total. The fraction of sp³-hybridized carbons (Fsp3) is 0.458. The number of rotatable bonds is 10. The smallest absolute Gasteiger partial charge is 0.227 e. The van der Waals surface area contributed by atoms with Gasteiger partial charge in [0.05, 0.1) is 50.6 Å². The maximum Gasteiger partial charge on any atom is 0.227 e. The van der Waals surface area contributed by atoms with Crippen LogP contribution in [-0.4, -0.2) is 70.6 Å². The number of hydrogen-bond acceptors (Lipinski definition) is 9. The number of nitrogens with zero attached hydrogens (tertiary/aromatic N) is 5. The second-order valence-corrected chi connectivity index (χ2v) is 8.76. The molecule has 1 aromatic carbocycles. The first-order valence-electron chi connectivity index (χ1n) is 11.7. The van der Waals surface area contributed by atoms with Crippen LogP contribution in [-0.2, 0) is 13.2 Å². The fourth-order valence-electron chi connectivity index (χ4n) is 4.22. The van der Waals surface area contributed by atoms with Gasteiger partial charge in [-0.1, -0.05) is 0 Å². The summed E-state index contributed by atoms with van der Waals surface area (Å²) in [5, 5.41) is 11.0. The monoisotopic (exact) mass is 503 g/mol.